The molecule has 0 unspecified atom stereocenters. The Kier molecular flexibility index (Phi) is 11.1. The minimum Gasteiger partial charge on any atom is -0.481 e. The van der Waals surface area contributed by atoms with Crippen molar-refractivity contribution in [2.24, 2.45) is 7.05 Å². The molecule has 1 saturated heterocycles. The van der Waals surface area contributed by atoms with Gasteiger partial charge in [0.2, 0.25) is 17.7 Å². The molecule has 0 bridgehead atoms. The number of aryl methyl sites for hydroxylation is 1. The van der Waals surface area contributed by atoms with Crippen molar-refractivity contribution in [2.75, 3.05) is 51.3 Å². The summed E-state index contributed by atoms with van der Waals surface area (Å²) in [5, 5.41) is 19.5. The first-order valence-electron chi connectivity index (χ1n) is 10.8. The number of methoxy groups -OCH3 is 1. The third-order valence-electron chi connectivity index (χ3n) is 4.79. The number of ether oxygens (including phenoxy) is 2. The van der Waals surface area contributed by atoms with Gasteiger partial charge in [0.15, 0.2) is 0 Å². The molecule has 3 rings (SSSR count). The van der Waals surface area contributed by atoms with Crippen LogP contribution in [0.25, 0.3) is 0 Å². The molecule has 0 aromatic carbocycles. The highest BCUT2D eigenvalue weighted by molar-refractivity contribution is 5.89. The molecule has 0 saturated carbocycles. The van der Waals surface area contributed by atoms with E-state index in [1.165, 1.54) is 10.9 Å². The highest BCUT2D eigenvalue weighted by Crippen LogP contribution is 2.14. The summed E-state index contributed by atoms with van der Waals surface area (Å²) in [4.78, 5) is 47.6. The van der Waals surface area contributed by atoms with E-state index in [4.69, 9.17) is 19.7 Å². The van der Waals surface area contributed by atoms with Crippen LogP contribution in [0.15, 0.2) is 35.4 Å². The van der Waals surface area contributed by atoms with Gasteiger partial charge < -0.3 is 24.6 Å². The van der Waals surface area contributed by atoms with Gasteiger partial charge in [0.25, 0.3) is 0 Å². The van der Waals surface area contributed by atoms with Crippen molar-refractivity contribution in [3.05, 3.63) is 41.1 Å². The molecule has 14 heteroatoms. The lowest BCUT2D eigenvalue weighted by Crippen LogP contribution is -2.47. The second kappa shape index (κ2) is 14.2. The van der Waals surface area contributed by atoms with Crippen molar-refractivity contribution in [1.82, 2.24) is 29.6 Å². The molecule has 2 aromatic rings. The van der Waals surface area contributed by atoms with Gasteiger partial charge >= 0.3 is 17.6 Å². The molecule has 1 fully saturated rings. The Labute approximate surface area is 201 Å². The van der Waals surface area contributed by atoms with Crippen molar-refractivity contribution in [3.63, 3.8) is 0 Å². The van der Waals surface area contributed by atoms with E-state index in [0.717, 1.165) is 51.5 Å². The van der Waals surface area contributed by atoms with Crippen molar-refractivity contribution in [3.8, 4) is 11.8 Å². The summed E-state index contributed by atoms with van der Waals surface area (Å²) in [5.41, 5.74) is -0.412. The summed E-state index contributed by atoms with van der Waals surface area (Å²) in [7, 11) is 3.16. The van der Waals surface area contributed by atoms with Crippen LogP contribution < -0.4 is 20.1 Å². The van der Waals surface area contributed by atoms with E-state index >= 15 is 0 Å². The van der Waals surface area contributed by atoms with Crippen molar-refractivity contribution < 1.29 is 29.3 Å². The Morgan fingerprint density at radius 3 is 2.34 bits per heavy atom. The minimum atomic E-state index is -1.26. The van der Waals surface area contributed by atoms with Gasteiger partial charge in [-0.3, -0.25) is 4.90 Å². The van der Waals surface area contributed by atoms with E-state index in [0.29, 0.717) is 24.6 Å². The molecule has 0 amide bonds. The average molecular weight is 492 g/mol. The number of carboxylic acid groups (broad SMARTS) is 2. The predicted octanol–water partition coefficient (Wildman–Crippen LogP) is -0.333. The maximum atomic E-state index is 11.4. The highest BCUT2D eigenvalue weighted by Gasteiger charge is 2.18. The van der Waals surface area contributed by atoms with Crippen molar-refractivity contribution >= 4 is 17.9 Å². The Hall–Kier alpha value is -4.07. The zero-order valence-electron chi connectivity index (χ0n) is 19.6. The third-order valence-corrected chi connectivity index (χ3v) is 4.79. The molecule has 2 N–H and O–H groups in total. The molecule has 0 radical (unpaired) electrons. The van der Waals surface area contributed by atoms with Gasteiger partial charge in [-0.15, -0.1) is 0 Å². The van der Waals surface area contributed by atoms with Crippen molar-refractivity contribution in [2.45, 2.75) is 12.8 Å². The standard InChI is InChI=1S/C17H25N7O3.C4H4O4/c1-22-17(25)21-15(13-19-22)27-12-4-3-7-23-8-10-24(11-9-23)16-18-6-5-14(20-16)26-2;5-3(6)1-2-4(7)8/h5-6,13H,3-4,7-12H2,1-2H3;1-2H,(H,5,6)(H,7,8)/b;2-1+. The fourth-order valence-corrected chi connectivity index (χ4v) is 2.98. The van der Waals surface area contributed by atoms with E-state index in [1.807, 2.05) is 0 Å². The van der Waals surface area contributed by atoms with Gasteiger partial charge in [0, 0.05) is 57.6 Å². The second-order valence-electron chi connectivity index (χ2n) is 7.29. The number of hydrogen-bond donors (Lipinski definition) is 2. The first kappa shape index (κ1) is 27.2. The number of anilines is 1. The zero-order chi connectivity index (χ0) is 25.6. The van der Waals surface area contributed by atoms with Gasteiger partial charge in [-0.2, -0.15) is 15.1 Å². The Morgan fingerprint density at radius 1 is 1.06 bits per heavy atom. The fraction of sp³-hybridized carbons (Fsp3) is 0.476. The molecule has 0 spiro atoms. The Balaban J connectivity index is 0.000000466. The molecule has 3 heterocycles. The summed E-state index contributed by atoms with van der Waals surface area (Å²) in [6.07, 6.45) is 6.22. The van der Waals surface area contributed by atoms with E-state index in [-0.39, 0.29) is 5.88 Å². The average Bonchev–Trinajstić information content (AvgIpc) is 2.85. The summed E-state index contributed by atoms with van der Waals surface area (Å²) < 4.78 is 11.8. The molecular weight excluding hydrogens is 462 g/mol. The van der Waals surface area contributed by atoms with Crippen LogP contribution >= 0.6 is 0 Å². The first-order chi connectivity index (χ1) is 16.8. The molecule has 14 nitrogen and oxygen atoms in total. The van der Waals surface area contributed by atoms with Crippen LogP contribution in [0.1, 0.15) is 12.8 Å². The van der Waals surface area contributed by atoms with Crippen LogP contribution in [0.5, 0.6) is 11.8 Å². The summed E-state index contributed by atoms with van der Waals surface area (Å²) in [6, 6.07) is 1.75. The number of carbonyl (C=O) groups is 2. The number of piperazine rings is 1. The molecule has 1 aliphatic heterocycles. The van der Waals surface area contributed by atoms with Crippen LogP contribution in [0, 0.1) is 0 Å². The third kappa shape index (κ3) is 10.2. The van der Waals surface area contributed by atoms with Gasteiger partial charge in [-0.05, 0) is 19.4 Å². The fourth-order valence-electron chi connectivity index (χ4n) is 2.98. The van der Waals surface area contributed by atoms with Crippen molar-refractivity contribution in [1.29, 1.82) is 0 Å². The molecule has 1 aliphatic rings. The molecule has 190 valence electrons. The summed E-state index contributed by atoms with van der Waals surface area (Å²) in [6.45, 7) is 5.28. The first-order valence-corrected chi connectivity index (χ1v) is 10.8. The van der Waals surface area contributed by atoms with Crippen LogP contribution in [-0.2, 0) is 16.6 Å². The number of unbranched alkanes of at least 4 members (excludes halogenated alkanes) is 1. The monoisotopic (exact) mass is 491 g/mol. The molecule has 2 aromatic heterocycles. The summed E-state index contributed by atoms with van der Waals surface area (Å²) >= 11 is 0. The maximum absolute atomic E-state index is 11.4. The van der Waals surface area contributed by atoms with Crippen LogP contribution in [-0.4, -0.2) is 98.2 Å². The van der Waals surface area contributed by atoms with Crippen LogP contribution in [0.2, 0.25) is 0 Å². The molecular formula is C21H29N7O7. The molecule has 0 atom stereocenters. The number of hydrogen-bond acceptors (Lipinski definition) is 11. The number of nitrogens with zero attached hydrogens (tertiary/aromatic N) is 7. The topological polar surface area (TPSA) is 173 Å². The quantitative estimate of drug-likeness (QED) is 0.327. The minimum absolute atomic E-state index is 0.282. The largest absolute Gasteiger partial charge is 0.481 e. The van der Waals surface area contributed by atoms with E-state index in [1.54, 1.807) is 26.4 Å². The number of carboxylic acids is 2. The Bertz CT molecular complexity index is 1040. The lowest BCUT2D eigenvalue weighted by Gasteiger charge is -2.34. The lowest BCUT2D eigenvalue weighted by molar-refractivity contribution is -0.134. The van der Waals surface area contributed by atoms with Gasteiger partial charge in [-0.1, -0.05) is 0 Å². The molecule has 0 aliphatic carbocycles. The van der Waals surface area contributed by atoms with Gasteiger partial charge in [0.1, 0.15) is 6.20 Å². The number of aromatic nitrogens is 5. The van der Waals surface area contributed by atoms with Gasteiger partial charge in [-0.25, -0.2) is 24.0 Å². The van der Waals surface area contributed by atoms with Crippen LogP contribution in [0.4, 0.5) is 5.95 Å². The zero-order valence-corrected chi connectivity index (χ0v) is 19.6. The predicted molar refractivity (Wildman–Crippen MR) is 124 cm³/mol. The van der Waals surface area contributed by atoms with Crippen LogP contribution in [0.3, 0.4) is 0 Å². The maximum Gasteiger partial charge on any atom is 0.366 e. The van der Waals surface area contributed by atoms with E-state index in [2.05, 4.69) is 29.9 Å². The van der Waals surface area contributed by atoms with Gasteiger partial charge in [0.05, 0.1) is 13.7 Å². The van der Waals surface area contributed by atoms with E-state index in [9.17, 15) is 14.4 Å². The second-order valence-corrected chi connectivity index (χ2v) is 7.29. The smallest absolute Gasteiger partial charge is 0.366 e. The highest BCUT2D eigenvalue weighted by atomic mass is 16.5. The number of rotatable bonds is 10. The normalized spacial score (nSPS) is 13.7. The SMILES string of the molecule is COc1ccnc(N2CCN(CCCCOc3cnn(C)c(=O)n3)CC2)n1.O=C(O)/C=C/C(=O)O. The number of aliphatic carboxylic acids is 2. The van der Waals surface area contributed by atoms with E-state index < -0.39 is 17.6 Å². The molecule has 35 heavy (non-hydrogen) atoms. The lowest BCUT2D eigenvalue weighted by atomic mass is 10.2. The Morgan fingerprint density at radius 2 is 1.74 bits per heavy atom. The summed E-state index contributed by atoms with van der Waals surface area (Å²) in [5.74, 6) is -0.925.